The minimum atomic E-state index is -0.531. The Kier molecular flexibility index (Phi) is 6.23. The van der Waals surface area contributed by atoms with Crippen molar-refractivity contribution in [1.29, 1.82) is 0 Å². The Bertz CT molecular complexity index is 869. The number of epoxide rings is 2. The number of aryl methyl sites for hydroxylation is 2. The van der Waals surface area contributed by atoms with Crippen LogP contribution in [0.25, 0.3) is 0 Å². The van der Waals surface area contributed by atoms with Crippen LogP contribution in [0.3, 0.4) is 0 Å². The zero-order valence-electron chi connectivity index (χ0n) is 18.2. The van der Waals surface area contributed by atoms with Gasteiger partial charge in [0.2, 0.25) is 11.8 Å². The summed E-state index contributed by atoms with van der Waals surface area (Å²) < 4.78 is 10.5. The highest BCUT2D eigenvalue weighted by Crippen LogP contribution is 2.19. The van der Waals surface area contributed by atoms with E-state index in [2.05, 4.69) is 34.9 Å². The maximum absolute atomic E-state index is 12.7. The maximum atomic E-state index is 12.7. The number of carbonyl (C=O) groups excluding carboxylic acids is 2. The molecule has 4 unspecified atom stereocenters. The predicted molar refractivity (Wildman–Crippen MR) is 120 cm³/mol. The van der Waals surface area contributed by atoms with Crippen LogP contribution in [0.1, 0.15) is 35.1 Å². The Morgan fingerprint density at radius 2 is 0.969 bits per heavy atom. The number of hydrogen-bond acceptors (Lipinski definition) is 4. The fraction of sp³-hybridized carbons (Fsp3) is 0.462. The second kappa shape index (κ2) is 9.43. The van der Waals surface area contributed by atoms with Crippen molar-refractivity contribution in [2.75, 3.05) is 13.2 Å². The number of rotatable bonds is 10. The Morgan fingerprint density at radius 1 is 0.625 bits per heavy atom. The van der Waals surface area contributed by atoms with Crippen molar-refractivity contribution in [3.05, 3.63) is 70.8 Å². The molecule has 4 atom stereocenters. The molecule has 6 heteroatoms. The Hall–Kier alpha value is -2.70. The van der Waals surface area contributed by atoms with Gasteiger partial charge in [0.25, 0.3) is 0 Å². The van der Waals surface area contributed by atoms with Gasteiger partial charge in [0.15, 0.2) is 0 Å². The molecule has 32 heavy (non-hydrogen) atoms. The van der Waals surface area contributed by atoms with E-state index in [0.717, 1.165) is 50.0 Å². The number of piperazine rings is 1. The summed E-state index contributed by atoms with van der Waals surface area (Å²) in [5, 5.41) is 5.84. The number of hydrogen-bond donors (Lipinski definition) is 2. The molecule has 0 radical (unpaired) electrons. The van der Waals surface area contributed by atoms with Crippen molar-refractivity contribution in [3.63, 3.8) is 0 Å². The predicted octanol–water partition coefficient (Wildman–Crippen LogP) is 2.12. The summed E-state index contributed by atoms with van der Waals surface area (Å²) in [6.07, 6.45) is 5.98. The monoisotopic (exact) mass is 434 g/mol. The average molecular weight is 435 g/mol. The molecule has 5 rings (SSSR count). The third kappa shape index (κ3) is 5.75. The van der Waals surface area contributed by atoms with Crippen LogP contribution in [0.2, 0.25) is 0 Å². The van der Waals surface area contributed by atoms with E-state index < -0.39 is 12.1 Å². The van der Waals surface area contributed by atoms with Crippen molar-refractivity contribution in [2.24, 2.45) is 0 Å². The summed E-state index contributed by atoms with van der Waals surface area (Å²) in [6.45, 7) is 1.77. The lowest BCUT2D eigenvalue weighted by Crippen LogP contribution is -2.62. The highest BCUT2D eigenvalue weighted by atomic mass is 16.6. The molecule has 2 aromatic carbocycles. The minimum absolute atomic E-state index is 0.120. The van der Waals surface area contributed by atoms with Crippen molar-refractivity contribution in [3.8, 4) is 0 Å². The maximum Gasteiger partial charge on any atom is 0.243 e. The fourth-order valence-corrected chi connectivity index (χ4v) is 4.24. The first-order valence-electron chi connectivity index (χ1n) is 11.6. The van der Waals surface area contributed by atoms with E-state index >= 15 is 0 Å². The van der Waals surface area contributed by atoms with Crippen LogP contribution in [-0.4, -0.2) is 49.3 Å². The Labute approximate surface area is 188 Å². The molecule has 168 valence electrons. The Balaban J connectivity index is 1.11. The fourth-order valence-electron chi connectivity index (χ4n) is 4.24. The molecular formula is C26H30N2O4. The van der Waals surface area contributed by atoms with Gasteiger partial charge in [0, 0.05) is 12.8 Å². The molecular weight excluding hydrogens is 404 g/mol. The number of nitrogens with one attached hydrogen (secondary N) is 2. The van der Waals surface area contributed by atoms with Gasteiger partial charge in [-0.05, 0) is 47.9 Å². The first-order valence-corrected chi connectivity index (χ1v) is 11.6. The standard InChI is InChI=1S/C26H30N2O4/c29-25-23(13-19-5-1-17(2-6-19)9-11-21-15-31-21)27-26(30)24(28-25)14-20-7-3-18(4-8-20)10-12-22-16-32-22/h1-8,21-24H,9-16H2,(H,27,30)(H,28,29). The Morgan fingerprint density at radius 3 is 1.31 bits per heavy atom. The molecule has 3 aliphatic heterocycles. The summed E-state index contributed by atoms with van der Waals surface area (Å²) in [5.41, 5.74) is 4.63. The van der Waals surface area contributed by atoms with E-state index in [1.807, 2.05) is 24.3 Å². The van der Waals surface area contributed by atoms with Crippen LogP contribution in [0.5, 0.6) is 0 Å². The average Bonchev–Trinajstić information content (AvgIpc) is 3.71. The lowest BCUT2D eigenvalue weighted by atomic mass is 9.97. The number of amides is 2. The molecule has 2 aromatic rings. The molecule has 3 fully saturated rings. The summed E-state index contributed by atoms with van der Waals surface area (Å²) in [7, 11) is 0. The van der Waals surface area contributed by atoms with E-state index in [4.69, 9.17) is 9.47 Å². The lowest BCUT2D eigenvalue weighted by molar-refractivity contribution is -0.136. The molecule has 3 heterocycles. The SMILES string of the molecule is O=C1NC(Cc2ccc(CCC3CO3)cc2)C(=O)NC1Cc1ccc(CCC2CO2)cc1. The first kappa shape index (κ1) is 21.2. The summed E-state index contributed by atoms with van der Waals surface area (Å²) in [5.74, 6) is -0.240. The molecule has 0 aromatic heterocycles. The van der Waals surface area contributed by atoms with Crippen LogP contribution in [0, 0.1) is 0 Å². The van der Waals surface area contributed by atoms with Gasteiger partial charge in [-0.2, -0.15) is 0 Å². The van der Waals surface area contributed by atoms with Crippen molar-refractivity contribution >= 4 is 11.8 Å². The molecule has 2 amide bonds. The van der Waals surface area contributed by atoms with Gasteiger partial charge in [-0.3, -0.25) is 9.59 Å². The van der Waals surface area contributed by atoms with Gasteiger partial charge in [0.1, 0.15) is 12.1 Å². The third-order valence-corrected chi connectivity index (χ3v) is 6.51. The van der Waals surface area contributed by atoms with E-state index in [1.165, 1.54) is 11.1 Å². The van der Waals surface area contributed by atoms with Gasteiger partial charge < -0.3 is 20.1 Å². The molecule has 3 saturated heterocycles. The van der Waals surface area contributed by atoms with Crippen molar-refractivity contribution in [1.82, 2.24) is 10.6 Å². The molecule has 6 nitrogen and oxygen atoms in total. The molecule has 0 spiro atoms. The second-order valence-corrected chi connectivity index (χ2v) is 9.15. The van der Waals surface area contributed by atoms with E-state index in [0.29, 0.717) is 25.0 Å². The topological polar surface area (TPSA) is 83.3 Å². The minimum Gasteiger partial charge on any atom is -0.373 e. The highest BCUT2D eigenvalue weighted by Gasteiger charge is 2.33. The quantitative estimate of drug-likeness (QED) is 0.561. The van der Waals surface area contributed by atoms with Crippen molar-refractivity contribution in [2.45, 2.75) is 62.8 Å². The van der Waals surface area contributed by atoms with Gasteiger partial charge in [-0.25, -0.2) is 0 Å². The zero-order chi connectivity index (χ0) is 21.9. The van der Waals surface area contributed by atoms with E-state index in [1.54, 1.807) is 0 Å². The molecule has 2 N–H and O–H groups in total. The summed E-state index contributed by atoms with van der Waals surface area (Å²) in [6, 6.07) is 15.5. The number of ether oxygens (including phenoxy) is 2. The normalized spacial score (nSPS) is 26.4. The van der Waals surface area contributed by atoms with E-state index in [-0.39, 0.29) is 11.8 Å². The summed E-state index contributed by atoms with van der Waals surface area (Å²) in [4.78, 5) is 25.3. The third-order valence-electron chi connectivity index (χ3n) is 6.51. The van der Waals surface area contributed by atoms with Crippen LogP contribution in [-0.2, 0) is 44.7 Å². The van der Waals surface area contributed by atoms with Gasteiger partial charge in [0.05, 0.1) is 25.4 Å². The molecule has 0 bridgehead atoms. The highest BCUT2D eigenvalue weighted by molar-refractivity contribution is 5.97. The van der Waals surface area contributed by atoms with Crippen LogP contribution >= 0.6 is 0 Å². The first-order chi connectivity index (χ1) is 15.6. The van der Waals surface area contributed by atoms with Gasteiger partial charge in [-0.15, -0.1) is 0 Å². The van der Waals surface area contributed by atoms with Gasteiger partial charge >= 0.3 is 0 Å². The molecule has 0 saturated carbocycles. The smallest absolute Gasteiger partial charge is 0.243 e. The molecule has 3 aliphatic rings. The van der Waals surface area contributed by atoms with Crippen LogP contribution in [0.15, 0.2) is 48.5 Å². The lowest BCUT2D eigenvalue weighted by Gasteiger charge is -2.30. The van der Waals surface area contributed by atoms with Crippen molar-refractivity contribution < 1.29 is 19.1 Å². The number of carbonyl (C=O) groups is 2. The largest absolute Gasteiger partial charge is 0.373 e. The van der Waals surface area contributed by atoms with Gasteiger partial charge in [-0.1, -0.05) is 48.5 Å². The van der Waals surface area contributed by atoms with Crippen LogP contribution < -0.4 is 10.6 Å². The zero-order valence-corrected chi connectivity index (χ0v) is 18.2. The summed E-state index contributed by atoms with van der Waals surface area (Å²) >= 11 is 0. The van der Waals surface area contributed by atoms with Crippen LogP contribution in [0.4, 0.5) is 0 Å². The number of benzene rings is 2. The molecule has 0 aliphatic carbocycles. The van der Waals surface area contributed by atoms with E-state index in [9.17, 15) is 9.59 Å². The second-order valence-electron chi connectivity index (χ2n) is 9.15.